The SMILES string of the molecule is CCCn1cc(Oc2nnccc2C(N)=S)cn1. The predicted octanol–water partition coefficient (Wildman–Crippen LogP) is 1.51. The van der Waals surface area contributed by atoms with Crippen LogP contribution in [0.2, 0.25) is 0 Å². The van der Waals surface area contributed by atoms with Crippen LogP contribution in [-0.2, 0) is 6.54 Å². The molecule has 0 saturated carbocycles. The molecule has 0 spiro atoms. The van der Waals surface area contributed by atoms with Gasteiger partial charge in [-0.15, -0.1) is 5.10 Å². The van der Waals surface area contributed by atoms with E-state index < -0.39 is 0 Å². The van der Waals surface area contributed by atoms with E-state index in [0.717, 1.165) is 13.0 Å². The van der Waals surface area contributed by atoms with Crippen molar-refractivity contribution in [2.45, 2.75) is 19.9 Å². The van der Waals surface area contributed by atoms with Crippen molar-refractivity contribution >= 4 is 17.2 Å². The number of ether oxygens (including phenoxy) is 1. The fraction of sp³-hybridized carbons (Fsp3) is 0.273. The molecule has 2 aromatic rings. The lowest BCUT2D eigenvalue weighted by Gasteiger charge is -2.05. The quantitative estimate of drug-likeness (QED) is 0.824. The summed E-state index contributed by atoms with van der Waals surface area (Å²) in [6.07, 6.45) is 5.93. The van der Waals surface area contributed by atoms with Crippen molar-refractivity contribution in [3.8, 4) is 11.6 Å². The van der Waals surface area contributed by atoms with Gasteiger partial charge < -0.3 is 10.5 Å². The Morgan fingerprint density at radius 2 is 2.39 bits per heavy atom. The van der Waals surface area contributed by atoms with E-state index in [4.69, 9.17) is 22.7 Å². The minimum absolute atomic E-state index is 0.223. The van der Waals surface area contributed by atoms with Crippen molar-refractivity contribution in [3.63, 3.8) is 0 Å². The lowest BCUT2D eigenvalue weighted by atomic mass is 10.3. The van der Waals surface area contributed by atoms with E-state index in [-0.39, 0.29) is 4.99 Å². The standard InChI is InChI=1S/C11H13N5OS/c1-2-5-16-7-8(6-14-16)17-11-9(10(12)18)3-4-13-15-11/h3-4,6-7H,2,5H2,1H3,(H2,12,18). The highest BCUT2D eigenvalue weighted by Crippen LogP contribution is 2.21. The monoisotopic (exact) mass is 263 g/mol. The molecule has 0 atom stereocenters. The second-order valence-corrected chi connectivity index (χ2v) is 4.10. The van der Waals surface area contributed by atoms with Crippen LogP contribution in [0.25, 0.3) is 0 Å². The van der Waals surface area contributed by atoms with Gasteiger partial charge in [-0.05, 0) is 12.5 Å². The van der Waals surface area contributed by atoms with Crippen molar-refractivity contribution in [1.82, 2.24) is 20.0 Å². The summed E-state index contributed by atoms with van der Waals surface area (Å²) in [6.45, 7) is 2.92. The second kappa shape index (κ2) is 5.54. The maximum atomic E-state index is 5.58. The summed E-state index contributed by atoms with van der Waals surface area (Å²) in [7, 11) is 0. The average molecular weight is 263 g/mol. The minimum Gasteiger partial charge on any atom is -0.434 e. The Labute approximate surface area is 110 Å². The van der Waals surface area contributed by atoms with Crippen molar-refractivity contribution in [3.05, 3.63) is 30.2 Å². The van der Waals surface area contributed by atoms with Crippen molar-refractivity contribution in [2.24, 2.45) is 5.73 Å². The number of rotatable bonds is 5. The molecule has 0 aliphatic rings. The molecule has 0 aromatic carbocycles. The highest BCUT2D eigenvalue weighted by molar-refractivity contribution is 7.80. The molecule has 0 unspecified atom stereocenters. The van der Waals surface area contributed by atoms with Crippen molar-refractivity contribution in [1.29, 1.82) is 0 Å². The Morgan fingerprint density at radius 3 is 3.11 bits per heavy atom. The van der Waals surface area contributed by atoms with Gasteiger partial charge in [0.1, 0.15) is 4.99 Å². The summed E-state index contributed by atoms with van der Waals surface area (Å²) < 4.78 is 7.37. The van der Waals surface area contributed by atoms with Gasteiger partial charge in [0.2, 0.25) is 5.88 Å². The van der Waals surface area contributed by atoms with Gasteiger partial charge in [-0.1, -0.05) is 19.1 Å². The Balaban J connectivity index is 2.20. The zero-order chi connectivity index (χ0) is 13.0. The first-order valence-electron chi connectivity index (χ1n) is 5.52. The summed E-state index contributed by atoms with van der Waals surface area (Å²) in [6, 6.07) is 1.67. The van der Waals surface area contributed by atoms with Crippen LogP contribution in [0.4, 0.5) is 0 Å². The van der Waals surface area contributed by atoms with Crippen LogP contribution in [0.1, 0.15) is 18.9 Å². The fourth-order valence-corrected chi connectivity index (χ4v) is 1.60. The Hall–Kier alpha value is -2.02. The van der Waals surface area contributed by atoms with Crippen LogP contribution in [-0.4, -0.2) is 25.0 Å². The van der Waals surface area contributed by atoms with E-state index in [2.05, 4.69) is 22.2 Å². The van der Waals surface area contributed by atoms with Gasteiger partial charge >= 0.3 is 0 Å². The number of hydrogen-bond acceptors (Lipinski definition) is 5. The van der Waals surface area contributed by atoms with Gasteiger partial charge in [0.25, 0.3) is 0 Å². The summed E-state index contributed by atoms with van der Waals surface area (Å²) in [4.78, 5) is 0.223. The summed E-state index contributed by atoms with van der Waals surface area (Å²) >= 11 is 4.92. The van der Waals surface area contributed by atoms with Gasteiger partial charge in [0.15, 0.2) is 5.75 Å². The zero-order valence-electron chi connectivity index (χ0n) is 9.91. The lowest BCUT2D eigenvalue weighted by molar-refractivity contribution is 0.452. The van der Waals surface area contributed by atoms with E-state index in [1.165, 1.54) is 6.20 Å². The second-order valence-electron chi connectivity index (χ2n) is 3.66. The average Bonchev–Trinajstić information content (AvgIpc) is 2.77. The molecule has 0 aliphatic carbocycles. The third-order valence-corrected chi connectivity index (χ3v) is 2.45. The first-order chi connectivity index (χ1) is 8.70. The molecule has 7 heteroatoms. The Kier molecular flexibility index (Phi) is 3.83. The molecule has 18 heavy (non-hydrogen) atoms. The van der Waals surface area contributed by atoms with E-state index >= 15 is 0 Å². The topological polar surface area (TPSA) is 78.8 Å². The molecule has 2 heterocycles. The van der Waals surface area contributed by atoms with Crippen LogP contribution in [0.5, 0.6) is 11.6 Å². The number of aryl methyl sites for hydroxylation is 1. The van der Waals surface area contributed by atoms with E-state index in [0.29, 0.717) is 17.2 Å². The summed E-state index contributed by atoms with van der Waals surface area (Å²) in [5.41, 5.74) is 6.14. The molecule has 2 N–H and O–H groups in total. The van der Waals surface area contributed by atoms with E-state index in [1.807, 2.05) is 0 Å². The first-order valence-corrected chi connectivity index (χ1v) is 5.93. The minimum atomic E-state index is 0.223. The Bertz CT molecular complexity index is 554. The lowest BCUT2D eigenvalue weighted by Crippen LogP contribution is -2.11. The van der Waals surface area contributed by atoms with Gasteiger partial charge in [0.05, 0.1) is 24.2 Å². The predicted molar refractivity (Wildman–Crippen MR) is 70.5 cm³/mol. The molecule has 0 amide bonds. The Morgan fingerprint density at radius 1 is 1.56 bits per heavy atom. The highest BCUT2D eigenvalue weighted by atomic mass is 32.1. The largest absolute Gasteiger partial charge is 0.434 e. The third kappa shape index (κ3) is 2.80. The number of thiocarbonyl (C=S) groups is 1. The number of hydrogen-bond donors (Lipinski definition) is 1. The number of aromatic nitrogens is 4. The number of nitrogens with zero attached hydrogens (tertiary/aromatic N) is 4. The van der Waals surface area contributed by atoms with Crippen molar-refractivity contribution in [2.75, 3.05) is 0 Å². The molecule has 2 rings (SSSR count). The molecule has 0 radical (unpaired) electrons. The van der Waals surface area contributed by atoms with Crippen LogP contribution in [0.3, 0.4) is 0 Å². The molecular weight excluding hydrogens is 250 g/mol. The van der Waals surface area contributed by atoms with Crippen LogP contribution < -0.4 is 10.5 Å². The van der Waals surface area contributed by atoms with E-state index in [9.17, 15) is 0 Å². The molecule has 6 nitrogen and oxygen atoms in total. The molecule has 0 saturated heterocycles. The first kappa shape index (κ1) is 12.4. The van der Waals surface area contributed by atoms with Crippen LogP contribution >= 0.6 is 12.2 Å². The maximum absolute atomic E-state index is 5.58. The summed E-state index contributed by atoms with van der Waals surface area (Å²) in [5.74, 6) is 0.877. The maximum Gasteiger partial charge on any atom is 0.249 e. The van der Waals surface area contributed by atoms with E-state index in [1.54, 1.807) is 23.1 Å². The van der Waals surface area contributed by atoms with Gasteiger partial charge in [-0.3, -0.25) is 4.68 Å². The normalized spacial score (nSPS) is 10.3. The van der Waals surface area contributed by atoms with Crippen LogP contribution in [0, 0.1) is 0 Å². The zero-order valence-corrected chi connectivity index (χ0v) is 10.7. The van der Waals surface area contributed by atoms with Gasteiger partial charge in [0, 0.05) is 6.54 Å². The smallest absolute Gasteiger partial charge is 0.249 e. The van der Waals surface area contributed by atoms with Gasteiger partial charge in [-0.2, -0.15) is 10.2 Å². The third-order valence-electron chi connectivity index (χ3n) is 2.23. The van der Waals surface area contributed by atoms with Crippen molar-refractivity contribution < 1.29 is 4.74 Å². The van der Waals surface area contributed by atoms with Gasteiger partial charge in [-0.25, -0.2) is 0 Å². The molecule has 0 bridgehead atoms. The molecule has 94 valence electrons. The van der Waals surface area contributed by atoms with Crippen LogP contribution in [0.15, 0.2) is 24.7 Å². The molecule has 0 aliphatic heterocycles. The fourth-order valence-electron chi connectivity index (χ4n) is 1.44. The molecule has 0 fully saturated rings. The summed E-state index contributed by atoms with van der Waals surface area (Å²) in [5, 5.41) is 11.8. The number of nitrogens with two attached hydrogens (primary N) is 1. The highest BCUT2D eigenvalue weighted by Gasteiger charge is 2.10. The molecular formula is C11H13N5OS. The molecule has 2 aromatic heterocycles.